The molecule has 0 aliphatic rings. The highest BCUT2D eigenvalue weighted by Crippen LogP contribution is 2.20. The molecule has 20 heavy (non-hydrogen) atoms. The minimum absolute atomic E-state index is 0.0580. The summed E-state index contributed by atoms with van der Waals surface area (Å²) in [4.78, 5) is 11.7. The molecule has 0 atom stereocenters. The van der Waals surface area contributed by atoms with Crippen LogP contribution in [0.4, 0.5) is 0 Å². The van der Waals surface area contributed by atoms with E-state index in [4.69, 9.17) is 5.11 Å². The van der Waals surface area contributed by atoms with E-state index < -0.39 is 0 Å². The predicted octanol–water partition coefficient (Wildman–Crippen LogP) is 1.58. The van der Waals surface area contributed by atoms with Crippen LogP contribution in [0.1, 0.15) is 44.4 Å². The van der Waals surface area contributed by atoms with Gasteiger partial charge in [0.15, 0.2) is 0 Å². The van der Waals surface area contributed by atoms with E-state index in [1.807, 2.05) is 34.0 Å². The number of hydrogen-bond acceptors (Lipinski definition) is 3. The normalized spacial score (nSPS) is 11.7. The zero-order valence-electron chi connectivity index (χ0n) is 13.1. The second-order valence-corrected chi connectivity index (χ2v) is 6.19. The molecule has 1 aromatic rings. The number of nitrogens with one attached hydrogen (secondary N) is 1. The monoisotopic (exact) mass is 281 g/mol. The van der Waals surface area contributed by atoms with Crippen LogP contribution in [0.3, 0.4) is 0 Å². The van der Waals surface area contributed by atoms with Crippen LogP contribution in [0.5, 0.6) is 0 Å². The van der Waals surface area contributed by atoms with Gasteiger partial charge in [-0.1, -0.05) is 13.8 Å². The Labute approximate surface area is 121 Å². The first-order valence-corrected chi connectivity index (χ1v) is 7.21. The third kappa shape index (κ3) is 5.74. The van der Waals surface area contributed by atoms with Gasteiger partial charge in [-0.3, -0.25) is 9.48 Å². The van der Waals surface area contributed by atoms with Crippen molar-refractivity contribution in [3.8, 4) is 0 Å². The van der Waals surface area contributed by atoms with Crippen molar-refractivity contribution in [2.45, 2.75) is 46.5 Å². The van der Waals surface area contributed by atoms with Crippen LogP contribution in [-0.2, 0) is 18.3 Å². The second-order valence-electron chi connectivity index (χ2n) is 6.19. The van der Waals surface area contributed by atoms with Crippen molar-refractivity contribution in [3.63, 3.8) is 0 Å². The summed E-state index contributed by atoms with van der Waals surface area (Å²) in [6.07, 6.45) is 4.99. The third-order valence-corrected chi connectivity index (χ3v) is 3.52. The molecule has 0 unspecified atom stereocenters. The molecule has 0 spiro atoms. The van der Waals surface area contributed by atoms with Crippen LogP contribution in [0.2, 0.25) is 0 Å². The zero-order valence-corrected chi connectivity index (χ0v) is 13.1. The SMILES string of the molecule is Cc1nn(C)cc1CCC(=O)NCCCC(C)(C)CO. The summed E-state index contributed by atoms with van der Waals surface area (Å²) < 4.78 is 1.78. The molecule has 0 saturated carbocycles. The minimum Gasteiger partial charge on any atom is -0.396 e. The van der Waals surface area contributed by atoms with Crippen molar-refractivity contribution in [2.75, 3.05) is 13.2 Å². The van der Waals surface area contributed by atoms with Gasteiger partial charge in [-0.2, -0.15) is 5.10 Å². The number of nitrogens with zero attached hydrogens (tertiary/aromatic N) is 2. The highest BCUT2D eigenvalue weighted by molar-refractivity contribution is 5.76. The van der Waals surface area contributed by atoms with E-state index in [2.05, 4.69) is 10.4 Å². The first-order valence-electron chi connectivity index (χ1n) is 7.21. The number of aliphatic hydroxyl groups is 1. The van der Waals surface area contributed by atoms with Gasteiger partial charge < -0.3 is 10.4 Å². The smallest absolute Gasteiger partial charge is 0.220 e. The number of aryl methyl sites for hydroxylation is 3. The van der Waals surface area contributed by atoms with Crippen LogP contribution in [-0.4, -0.2) is 33.9 Å². The number of aromatic nitrogens is 2. The fraction of sp³-hybridized carbons (Fsp3) is 0.733. The van der Waals surface area contributed by atoms with E-state index in [0.29, 0.717) is 13.0 Å². The number of aliphatic hydroxyl groups excluding tert-OH is 1. The number of carbonyl (C=O) groups excluding carboxylic acids is 1. The molecule has 5 nitrogen and oxygen atoms in total. The van der Waals surface area contributed by atoms with Gasteiger partial charge in [0.25, 0.3) is 0 Å². The Morgan fingerprint density at radius 1 is 1.50 bits per heavy atom. The Morgan fingerprint density at radius 2 is 2.20 bits per heavy atom. The molecule has 0 bridgehead atoms. The predicted molar refractivity (Wildman–Crippen MR) is 79.4 cm³/mol. The molecule has 5 heteroatoms. The fourth-order valence-corrected chi connectivity index (χ4v) is 2.10. The van der Waals surface area contributed by atoms with E-state index in [1.165, 1.54) is 0 Å². The molecule has 0 saturated heterocycles. The molecule has 0 aliphatic heterocycles. The first-order chi connectivity index (χ1) is 9.34. The lowest BCUT2D eigenvalue weighted by molar-refractivity contribution is -0.121. The Balaban J connectivity index is 2.20. The quantitative estimate of drug-likeness (QED) is 0.711. The van der Waals surface area contributed by atoms with E-state index in [0.717, 1.165) is 30.5 Å². The maximum Gasteiger partial charge on any atom is 0.220 e. The minimum atomic E-state index is -0.0580. The fourth-order valence-electron chi connectivity index (χ4n) is 2.10. The van der Waals surface area contributed by atoms with Crippen molar-refractivity contribution in [2.24, 2.45) is 12.5 Å². The Kier molecular flexibility index (Phi) is 6.20. The molecule has 1 aromatic heterocycles. The highest BCUT2D eigenvalue weighted by Gasteiger charge is 2.15. The van der Waals surface area contributed by atoms with E-state index >= 15 is 0 Å². The van der Waals surface area contributed by atoms with Gasteiger partial charge in [0.1, 0.15) is 0 Å². The Morgan fingerprint density at radius 3 is 2.75 bits per heavy atom. The van der Waals surface area contributed by atoms with Gasteiger partial charge >= 0.3 is 0 Å². The van der Waals surface area contributed by atoms with Crippen LogP contribution >= 0.6 is 0 Å². The number of carbonyl (C=O) groups is 1. The van der Waals surface area contributed by atoms with Crippen molar-refractivity contribution >= 4 is 5.91 Å². The van der Waals surface area contributed by atoms with Crippen molar-refractivity contribution in [1.82, 2.24) is 15.1 Å². The zero-order chi connectivity index (χ0) is 15.2. The largest absolute Gasteiger partial charge is 0.396 e. The summed E-state index contributed by atoms with van der Waals surface area (Å²) in [6, 6.07) is 0. The van der Waals surface area contributed by atoms with Gasteiger partial charge in [0, 0.05) is 32.8 Å². The molecule has 2 N–H and O–H groups in total. The lowest BCUT2D eigenvalue weighted by atomic mass is 9.89. The van der Waals surface area contributed by atoms with Gasteiger partial charge in [-0.05, 0) is 37.2 Å². The average molecular weight is 281 g/mol. The lowest BCUT2D eigenvalue weighted by Gasteiger charge is -2.21. The summed E-state index contributed by atoms with van der Waals surface area (Å²) in [7, 11) is 1.89. The molecule has 0 radical (unpaired) electrons. The molecule has 0 fully saturated rings. The number of rotatable bonds is 8. The van der Waals surface area contributed by atoms with Crippen LogP contribution in [0.15, 0.2) is 6.20 Å². The van der Waals surface area contributed by atoms with Gasteiger partial charge in [0.05, 0.1) is 5.69 Å². The molecule has 1 heterocycles. The van der Waals surface area contributed by atoms with Crippen molar-refractivity contribution < 1.29 is 9.90 Å². The Hall–Kier alpha value is -1.36. The maximum atomic E-state index is 11.7. The molecule has 0 aromatic carbocycles. The topological polar surface area (TPSA) is 67.2 Å². The van der Waals surface area contributed by atoms with Crippen molar-refractivity contribution in [1.29, 1.82) is 0 Å². The third-order valence-electron chi connectivity index (χ3n) is 3.52. The summed E-state index contributed by atoms with van der Waals surface area (Å²) in [6.45, 7) is 6.87. The van der Waals surface area contributed by atoms with Gasteiger partial charge in [-0.25, -0.2) is 0 Å². The van der Waals surface area contributed by atoms with Gasteiger partial charge in [0.2, 0.25) is 5.91 Å². The Bertz CT molecular complexity index is 438. The first kappa shape index (κ1) is 16.7. The summed E-state index contributed by atoms with van der Waals surface area (Å²) in [5, 5.41) is 16.3. The van der Waals surface area contributed by atoms with Crippen LogP contribution in [0, 0.1) is 12.3 Å². The highest BCUT2D eigenvalue weighted by atomic mass is 16.3. The summed E-state index contributed by atoms with van der Waals surface area (Å²) in [5.41, 5.74) is 2.06. The van der Waals surface area contributed by atoms with E-state index in [-0.39, 0.29) is 17.9 Å². The maximum absolute atomic E-state index is 11.7. The van der Waals surface area contributed by atoms with Crippen molar-refractivity contribution in [3.05, 3.63) is 17.5 Å². The molecular weight excluding hydrogens is 254 g/mol. The lowest BCUT2D eigenvalue weighted by Crippen LogP contribution is -2.26. The van der Waals surface area contributed by atoms with E-state index in [1.54, 1.807) is 4.68 Å². The molecule has 1 rings (SSSR count). The second kappa shape index (κ2) is 7.43. The average Bonchev–Trinajstić information content (AvgIpc) is 2.71. The van der Waals surface area contributed by atoms with Crippen LogP contribution in [0.25, 0.3) is 0 Å². The summed E-state index contributed by atoms with van der Waals surface area (Å²) in [5.74, 6) is 0.0788. The number of amides is 1. The van der Waals surface area contributed by atoms with Gasteiger partial charge in [-0.15, -0.1) is 0 Å². The molecule has 0 aliphatic carbocycles. The summed E-state index contributed by atoms with van der Waals surface area (Å²) >= 11 is 0. The molecular formula is C15H27N3O2. The van der Waals surface area contributed by atoms with E-state index in [9.17, 15) is 4.79 Å². The standard InChI is InChI=1S/C15H27N3O2/c1-12-13(10-18(4)17-12)6-7-14(20)16-9-5-8-15(2,3)11-19/h10,19H,5-9,11H2,1-4H3,(H,16,20). The van der Waals surface area contributed by atoms with Crippen LogP contribution < -0.4 is 5.32 Å². The molecule has 1 amide bonds. The molecule has 114 valence electrons. The number of hydrogen-bond donors (Lipinski definition) is 2.